The summed E-state index contributed by atoms with van der Waals surface area (Å²) >= 11 is 0. The number of ether oxygens (including phenoxy) is 5. The molecule has 0 aliphatic carbocycles. The molecule has 0 aliphatic rings. The summed E-state index contributed by atoms with van der Waals surface area (Å²) in [5, 5.41) is 0.272. The van der Waals surface area contributed by atoms with Crippen LogP contribution in [0.25, 0.3) is 22.3 Å². The predicted molar refractivity (Wildman–Crippen MR) is 172 cm³/mol. The van der Waals surface area contributed by atoms with Gasteiger partial charge in [-0.3, -0.25) is 14.4 Å². The van der Waals surface area contributed by atoms with Gasteiger partial charge in [0.05, 0.1) is 5.39 Å². The molecule has 0 aliphatic heterocycles. The highest BCUT2D eigenvalue weighted by Crippen LogP contribution is 2.37. The van der Waals surface area contributed by atoms with Crippen LogP contribution in [0.3, 0.4) is 0 Å². The molecule has 5 aromatic rings. The molecule has 0 unspecified atom stereocenters. The zero-order valence-electron chi connectivity index (χ0n) is 25.4. The van der Waals surface area contributed by atoms with Crippen molar-refractivity contribution in [2.75, 3.05) is 13.9 Å². The molecule has 0 atom stereocenters. The lowest BCUT2D eigenvalue weighted by Crippen LogP contribution is -2.16. The lowest BCUT2D eigenvalue weighted by molar-refractivity contribution is -0.145. The SMILES string of the molecule is COCOc1cc(-c2oc3ccccc3c(=O)c2OC(=O)CCCCC(=O)OCc2ccccc2)ccc1OCc1ccccc1. The third kappa shape index (κ3) is 8.61. The smallest absolute Gasteiger partial charge is 0.311 e. The highest BCUT2D eigenvalue weighted by atomic mass is 16.7. The molecule has 0 saturated heterocycles. The number of para-hydroxylation sites is 1. The number of carbonyl (C=O) groups is 2. The van der Waals surface area contributed by atoms with Crippen LogP contribution in [0, 0.1) is 0 Å². The fourth-order valence-electron chi connectivity index (χ4n) is 4.66. The Morgan fingerprint density at radius 1 is 0.696 bits per heavy atom. The van der Waals surface area contributed by atoms with Gasteiger partial charge in [-0.1, -0.05) is 72.8 Å². The molecule has 0 spiro atoms. The molecule has 1 heterocycles. The van der Waals surface area contributed by atoms with Crippen LogP contribution in [0.2, 0.25) is 0 Å². The summed E-state index contributed by atoms with van der Waals surface area (Å²) in [6.07, 6.45) is 0.946. The minimum Gasteiger partial charge on any atom is -0.485 e. The van der Waals surface area contributed by atoms with Gasteiger partial charge in [0.2, 0.25) is 11.2 Å². The molecule has 0 fully saturated rings. The lowest BCUT2D eigenvalue weighted by Gasteiger charge is -2.15. The number of carbonyl (C=O) groups excluding carboxylic acids is 2. The topological polar surface area (TPSA) is 110 Å². The van der Waals surface area contributed by atoms with Crippen LogP contribution in [0.4, 0.5) is 0 Å². The molecule has 1 aromatic heterocycles. The normalized spacial score (nSPS) is 10.8. The van der Waals surface area contributed by atoms with Gasteiger partial charge in [0, 0.05) is 25.5 Å². The number of rotatable bonds is 15. The van der Waals surface area contributed by atoms with Crippen molar-refractivity contribution in [2.45, 2.75) is 38.9 Å². The Balaban J connectivity index is 1.30. The maximum absolute atomic E-state index is 13.6. The Kier molecular flexibility index (Phi) is 11.2. The largest absolute Gasteiger partial charge is 0.485 e. The molecule has 0 N–H and O–H groups in total. The summed E-state index contributed by atoms with van der Waals surface area (Å²) in [5.41, 5.74) is 2.16. The van der Waals surface area contributed by atoms with E-state index >= 15 is 0 Å². The molecule has 0 bridgehead atoms. The van der Waals surface area contributed by atoms with Crippen LogP contribution < -0.4 is 19.6 Å². The van der Waals surface area contributed by atoms with Crippen LogP contribution in [0.15, 0.2) is 112 Å². The third-order valence-electron chi connectivity index (χ3n) is 7.00. The molecule has 46 heavy (non-hydrogen) atoms. The second kappa shape index (κ2) is 16.1. The molecule has 5 rings (SSSR count). The van der Waals surface area contributed by atoms with Crippen molar-refractivity contribution < 1.29 is 37.7 Å². The minimum absolute atomic E-state index is 0.00780. The van der Waals surface area contributed by atoms with E-state index in [1.807, 2.05) is 60.7 Å². The van der Waals surface area contributed by atoms with Gasteiger partial charge in [-0.05, 0) is 54.3 Å². The second-order valence-corrected chi connectivity index (χ2v) is 10.4. The Hall–Kier alpha value is -5.41. The highest BCUT2D eigenvalue weighted by molar-refractivity contribution is 5.84. The average molecular weight is 623 g/mol. The summed E-state index contributed by atoms with van der Waals surface area (Å²) in [6.45, 7) is 0.456. The first-order valence-electron chi connectivity index (χ1n) is 14.9. The summed E-state index contributed by atoms with van der Waals surface area (Å²) in [5.74, 6) is -0.339. The van der Waals surface area contributed by atoms with Crippen LogP contribution in [-0.2, 0) is 32.3 Å². The van der Waals surface area contributed by atoms with E-state index in [1.165, 1.54) is 7.11 Å². The quantitative estimate of drug-likeness (QED) is 0.0678. The average Bonchev–Trinajstić information content (AvgIpc) is 3.09. The molecular formula is C37H34O9. The Bertz CT molecular complexity index is 1810. The van der Waals surface area contributed by atoms with E-state index in [2.05, 4.69) is 0 Å². The fraction of sp³-hybridized carbons (Fsp3) is 0.216. The van der Waals surface area contributed by atoms with E-state index in [9.17, 15) is 14.4 Å². The van der Waals surface area contributed by atoms with Gasteiger partial charge in [0.25, 0.3) is 0 Å². The monoisotopic (exact) mass is 622 g/mol. The number of hydrogen-bond donors (Lipinski definition) is 0. The van der Waals surface area contributed by atoms with Gasteiger partial charge in [-0.15, -0.1) is 0 Å². The zero-order chi connectivity index (χ0) is 32.1. The molecule has 0 radical (unpaired) electrons. The van der Waals surface area contributed by atoms with Crippen molar-refractivity contribution in [1.29, 1.82) is 0 Å². The van der Waals surface area contributed by atoms with Crippen LogP contribution in [-0.4, -0.2) is 25.8 Å². The Labute approximate surface area is 266 Å². The van der Waals surface area contributed by atoms with E-state index in [4.69, 9.17) is 28.1 Å². The number of unbranched alkanes of at least 4 members (excludes halogenated alkanes) is 1. The first-order valence-corrected chi connectivity index (χ1v) is 14.9. The first kappa shape index (κ1) is 32.0. The van der Waals surface area contributed by atoms with E-state index in [1.54, 1.807) is 42.5 Å². The van der Waals surface area contributed by atoms with Crippen molar-refractivity contribution in [3.05, 3.63) is 124 Å². The molecular weight excluding hydrogens is 588 g/mol. The standard InChI is InChI=1S/C37H34O9/c1-41-25-44-32-22-28(20-21-31(32)42-23-26-12-4-2-5-13-26)36-37(35(40)29-16-8-9-17-30(29)45-36)46-34(39)19-11-10-18-33(38)43-24-27-14-6-3-7-15-27/h2-9,12-17,20-22H,10-11,18-19,23-25H2,1H3. The van der Waals surface area contributed by atoms with Crippen molar-refractivity contribution in [3.8, 4) is 28.6 Å². The zero-order valence-corrected chi connectivity index (χ0v) is 25.4. The van der Waals surface area contributed by atoms with E-state index < -0.39 is 11.4 Å². The number of hydrogen-bond acceptors (Lipinski definition) is 9. The summed E-state index contributed by atoms with van der Waals surface area (Å²) in [7, 11) is 1.50. The number of benzene rings is 4. The number of methoxy groups -OCH3 is 1. The van der Waals surface area contributed by atoms with Crippen LogP contribution in [0.5, 0.6) is 17.2 Å². The Morgan fingerprint density at radius 2 is 1.35 bits per heavy atom. The van der Waals surface area contributed by atoms with Crippen molar-refractivity contribution in [1.82, 2.24) is 0 Å². The van der Waals surface area contributed by atoms with Crippen molar-refractivity contribution >= 4 is 22.9 Å². The first-order chi connectivity index (χ1) is 22.5. The van der Waals surface area contributed by atoms with Crippen LogP contribution >= 0.6 is 0 Å². The molecule has 9 heteroatoms. The molecule has 236 valence electrons. The summed E-state index contributed by atoms with van der Waals surface area (Å²) in [4.78, 5) is 38.7. The van der Waals surface area contributed by atoms with E-state index in [0.717, 1.165) is 11.1 Å². The molecule has 0 saturated carbocycles. The fourth-order valence-corrected chi connectivity index (χ4v) is 4.66. The number of esters is 2. The van der Waals surface area contributed by atoms with Gasteiger partial charge in [-0.25, -0.2) is 0 Å². The minimum atomic E-state index is -0.625. The van der Waals surface area contributed by atoms with Crippen molar-refractivity contribution in [2.24, 2.45) is 0 Å². The predicted octanol–water partition coefficient (Wildman–Crippen LogP) is 7.23. The maximum atomic E-state index is 13.6. The van der Waals surface area contributed by atoms with Crippen molar-refractivity contribution in [3.63, 3.8) is 0 Å². The van der Waals surface area contributed by atoms with E-state index in [0.29, 0.717) is 42.1 Å². The summed E-state index contributed by atoms with van der Waals surface area (Å²) < 4.78 is 34.0. The van der Waals surface area contributed by atoms with E-state index in [-0.39, 0.29) is 49.1 Å². The van der Waals surface area contributed by atoms with Gasteiger partial charge in [0.1, 0.15) is 18.8 Å². The van der Waals surface area contributed by atoms with Gasteiger partial charge < -0.3 is 28.1 Å². The van der Waals surface area contributed by atoms with Gasteiger partial charge in [-0.2, -0.15) is 0 Å². The third-order valence-corrected chi connectivity index (χ3v) is 7.00. The number of fused-ring (bicyclic) bond motifs is 1. The maximum Gasteiger partial charge on any atom is 0.311 e. The molecule has 9 nitrogen and oxygen atoms in total. The molecule has 0 amide bonds. The lowest BCUT2D eigenvalue weighted by atomic mass is 10.1. The van der Waals surface area contributed by atoms with Gasteiger partial charge >= 0.3 is 11.9 Å². The Morgan fingerprint density at radius 3 is 2.07 bits per heavy atom. The summed E-state index contributed by atoms with van der Waals surface area (Å²) in [6, 6.07) is 30.9. The second-order valence-electron chi connectivity index (χ2n) is 10.4. The van der Waals surface area contributed by atoms with Gasteiger partial charge in [0.15, 0.2) is 24.1 Å². The highest BCUT2D eigenvalue weighted by Gasteiger charge is 2.22. The van der Waals surface area contributed by atoms with Crippen LogP contribution in [0.1, 0.15) is 36.8 Å². The molecule has 4 aromatic carbocycles.